The van der Waals surface area contributed by atoms with E-state index in [1.54, 1.807) is 59.5 Å². The van der Waals surface area contributed by atoms with Crippen LogP contribution in [-0.2, 0) is 44.4 Å². The van der Waals surface area contributed by atoms with Crippen molar-refractivity contribution in [1.82, 2.24) is 20.1 Å². The number of likely N-dealkylation sites (N-methyl/N-ethyl adjacent to an activating group) is 2. The maximum Gasteiger partial charge on any atom is 0.311 e. The van der Waals surface area contributed by atoms with Gasteiger partial charge in [-0.05, 0) is 117 Å². The maximum absolute atomic E-state index is 15.0. The molecule has 18 nitrogen and oxygen atoms in total. The fraction of sp³-hybridized carbons (Fsp3) is 0.804. The number of carbonyl (C=O) groups excluding carboxylic acids is 1. The van der Waals surface area contributed by atoms with Crippen molar-refractivity contribution in [2.75, 3.05) is 59.6 Å². The number of thioether (sulfide) groups is 1. The number of alkyl halides is 1. The second-order valence-electron chi connectivity index (χ2n) is 23.2. The monoisotopic (exact) mass is 1090 g/mol. The predicted molar refractivity (Wildman–Crippen MR) is 287 cm³/mol. The average molecular weight is 1100 g/mol. The van der Waals surface area contributed by atoms with Gasteiger partial charge in [-0.15, -0.1) is 0 Å². The minimum Gasteiger partial charge on any atom is -0.459 e. The van der Waals surface area contributed by atoms with Gasteiger partial charge < -0.3 is 68.5 Å². The molecule has 0 saturated carbocycles. The summed E-state index contributed by atoms with van der Waals surface area (Å²) in [6.07, 6.45) is -4.37. The Hall–Kier alpha value is -2.67. The van der Waals surface area contributed by atoms with Crippen LogP contribution in [0.2, 0.25) is 0 Å². The van der Waals surface area contributed by atoms with Crippen LogP contribution in [0.4, 0.5) is 4.39 Å². The third-order valence-corrected chi connectivity index (χ3v) is 18.0. The van der Waals surface area contributed by atoms with Crippen LogP contribution in [0.3, 0.4) is 0 Å². The molecule has 20 heteroatoms. The van der Waals surface area contributed by atoms with E-state index in [0.29, 0.717) is 31.6 Å². The molecule has 0 spiro atoms. The number of methoxy groups -OCH3 is 2. The van der Waals surface area contributed by atoms with Crippen LogP contribution in [-0.4, -0.2) is 201 Å². The number of aromatic nitrogens is 3. The normalized spacial score (nSPS) is 39.7. The Kier molecular flexibility index (Phi) is 22.0. The minimum absolute atomic E-state index is 0.0900. The van der Waals surface area contributed by atoms with Gasteiger partial charge in [-0.2, -0.15) is 16.4 Å². The number of aliphatic hydroxyl groups excluding tert-OH is 3. The molecule has 1 aromatic heterocycles. The molecule has 4 aliphatic heterocycles. The zero-order valence-electron chi connectivity index (χ0n) is 47.6. The number of aromatic amines is 1. The fourth-order valence-electron chi connectivity index (χ4n) is 12.2. The smallest absolute Gasteiger partial charge is 0.311 e. The van der Waals surface area contributed by atoms with Gasteiger partial charge in [-0.3, -0.25) is 4.79 Å². The molecule has 76 heavy (non-hydrogen) atoms. The van der Waals surface area contributed by atoms with Crippen LogP contribution in [0.25, 0.3) is 5.57 Å². The molecule has 1 unspecified atom stereocenters. The first-order valence-corrected chi connectivity index (χ1v) is 28.6. The number of rotatable bonds is 16. The second-order valence-corrected chi connectivity index (χ2v) is 24.4. The Morgan fingerprint density at radius 3 is 2.33 bits per heavy atom. The first kappa shape index (κ1) is 62.5. The number of nitrogens with zero attached hydrogens (tertiary/aromatic N) is 4. The van der Waals surface area contributed by atoms with E-state index in [2.05, 4.69) is 28.5 Å². The number of allylic oxidation sites excluding steroid dienone is 1. The summed E-state index contributed by atoms with van der Waals surface area (Å²) in [6.45, 7) is 17.7. The second kappa shape index (κ2) is 26.7. The number of H-pyrrole nitrogens is 1. The summed E-state index contributed by atoms with van der Waals surface area (Å²) in [6, 6.07) is 6.41. The van der Waals surface area contributed by atoms with Gasteiger partial charge in [0, 0.05) is 69.0 Å². The van der Waals surface area contributed by atoms with Crippen LogP contribution < -0.4 is 4.68 Å². The van der Waals surface area contributed by atoms with Crippen molar-refractivity contribution >= 4 is 23.3 Å². The first-order valence-electron chi connectivity index (χ1n) is 27.5. The number of hydrogen-bond donors (Lipinski definition) is 6. The van der Waals surface area contributed by atoms with E-state index in [4.69, 9.17) is 33.2 Å². The first-order chi connectivity index (χ1) is 35.8. The molecule has 4 aliphatic rings. The van der Waals surface area contributed by atoms with Gasteiger partial charge in [0.2, 0.25) is 5.69 Å². The lowest BCUT2D eigenvalue weighted by atomic mass is 9.77. The Morgan fingerprint density at radius 2 is 1.71 bits per heavy atom. The number of ether oxygens (including phenoxy) is 7. The van der Waals surface area contributed by atoms with E-state index >= 15 is 0 Å². The molecule has 2 aromatic rings. The highest BCUT2D eigenvalue weighted by Gasteiger charge is 2.53. The number of halogens is 1. The quantitative estimate of drug-likeness (QED) is 0.0968. The topological polar surface area (TPSA) is 222 Å². The molecule has 20 atom stereocenters. The standard InChI is InChI=1S/C56H92FN5O13S/c1-15-44-56(10,68)49(64)36(6)61(12)30-32(2)27-54(8,67)51(34(4)47(35(5)52(66)73-44)74-45-28-55(9,70-14)50(65)37(7)72-45)75-53-46(63)42(26-33(3)71-53)60(11)23-20-41-31-62(59-58-41)43(29-57)48(69-13)40-18-16-38(17-19-40)39-21-24-76-25-22-39/h16-19,21,31-37,42-51,53,63-65,67-68H,15,20,22-30H2,1-14H3/p+1/t32-,33-,34+,35-,36-,37+,42+,43?,44-,45+,46-,47+,48-,49-,50+,51-,53+,54-,55-,56-/m1/s1. The van der Waals surface area contributed by atoms with E-state index in [-0.39, 0.29) is 25.2 Å². The fourth-order valence-corrected chi connectivity index (χ4v) is 13.1. The molecule has 1 aromatic carbocycles. The highest BCUT2D eigenvalue weighted by atomic mass is 32.2. The summed E-state index contributed by atoms with van der Waals surface area (Å²) in [4.78, 5) is 18.5. The van der Waals surface area contributed by atoms with E-state index < -0.39 is 127 Å². The molecular formula is C56H93FN5O13S+. The van der Waals surface area contributed by atoms with Crippen LogP contribution >= 0.6 is 11.8 Å². The van der Waals surface area contributed by atoms with E-state index in [1.165, 1.54) is 25.2 Å². The van der Waals surface area contributed by atoms with Crippen LogP contribution in [0.1, 0.15) is 130 Å². The van der Waals surface area contributed by atoms with Gasteiger partial charge in [0.05, 0.1) is 41.5 Å². The highest BCUT2D eigenvalue weighted by molar-refractivity contribution is 7.99. The van der Waals surface area contributed by atoms with Crippen molar-refractivity contribution in [1.29, 1.82) is 0 Å². The number of carbonyl (C=O) groups is 1. The van der Waals surface area contributed by atoms with Crippen LogP contribution in [0.15, 0.2) is 36.5 Å². The number of aliphatic hydroxyl groups is 5. The number of benzene rings is 1. The predicted octanol–water partition coefficient (Wildman–Crippen LogP) is 4.94. The van der Waals surface area contributed by atoms with E-state index in [9.17, 15) is 34.7 Å². The molecule has 3 fully saturated rings. The molecule has 0 radical (unpaired) electrons. The summed E-state index contributed by atoms with van der Waals surface area (Å²) in [7, 11) is 6.83. The van der Waals surface area contributed by atoms with E-state index in [0.717, 1.165) is 23.5 Å². The largest absolute Gasteiger partial charge is 0.459 e. The van der Waals surface area contributed by atoms with Gasteiger partial charge in [-0.1, -0.05) is 56.3 Å². The third-order valence-electron chi connectivity index (χ3n) is 17.1. The lowest BCUT2D eigenvalue weighted by Crippen LogP contribution is -2.61. The Balaban J connectivity index is 1.25. The zero-order valence-corrected chi connectivity index (χ0v) is 48.5. The van der Waals surface area contributed by atoms with Gasteiger partial charge in [0.1, 0.15) is 42.8 Å². The summed E-state index contributed by atoms with van der Waals surface area (Å²) in [5.41, 5.74) is -0.539. The van der Waals surface area contributed by atoms with Gasteiger partial charge in [-0.25, -0.2) is 4.39 Å². The lowest BCUT2D eigenvalue weighted by Gasteiger charge is -2.49. The van der Waals surface area contributed by atoms with E-state index in [1.807, 2.05) is 68.6 Å². The number of esters is 1. The highest BCUT2D eigenvalue weighted by Crippen LogP contribution is 2.41. The molecule has 432 valence electrons. The molecule has 5 heterocycles. The molecule has 3 saturated heterocycles. The third kappa shape index (κ3) is 14.4. The van der Waals surface area contributed by atoms with Gasteiger partial charge in [0.15, 0.2) is 24.8 Å². The summed E-state index contributed by atoms with van der Waals surface area (Å²) in [5, 5.41) is 67.5. The number of nitrogens with one attached hydrogen (secondary N) is 1. The molecule has 0 amide bonds. The van der Waals surface area contributed by atoms with Gasteiger partial charge in [0.25, 0.3) is 0 Å². The summed E-state index contributed by atoms with van der Waals surface area (Å²) >= 11 is 1.92. The summed E-state index contributed by atoms with van der Waals surface area (Å²) in [5.74, 6) is -0.748. The van der Waals surface area contributed by atoms with Gasteiger partial charge >= 0.3 is 5.97 Å². The van der Waals surface area contributed by atoms with Crippen LogP contribution in [0.5, 0.6) is 0 Å². The Bertz CT molecular complexity index is 2170. The number of hydrogen-bond acceptors (Lipinski definition) is 17. The van der Waals surface area contributed by atoms with Crippen molar-refractivity contribution in [2.24, 2.45) is 17.8 Å². The van der Waals surface area contributed by atoms with Crippen molar-refractivity contribution in [3.8, 4) is 0 Å². The lowest BCUT2D eigenvalue weighted by molar-refractivity contribution is -0.784. The Morgan fingerprint density at radius 1 is 1.01 bits per heavy atom. The van der Waals surface area contributed by atoms with Crippen molar-refractivity contribution < 1.29 is 72.6 Å². The summed E-state index contributed by atoms with van der Waals surface area (Å²) < 4.78 is 60.9. The molecular weight excluding hydrogens is 1000 g/mol. The SMILES string of the molecule is CC[C@H]1OC(=O)[C@H](C)[C@@H](O[C@H]2C[C@@](C)(OC)[C@@H](O)[C@H](C)O2)[C@H](C)[C@@H](O[C@@H]2O[C@H](C)C[C@H](N(C)CCc3c[n+](C(CF)[C@H](OC)c4ccc(C5=CCSCC5)cc4)[nH]n3)[C@H]2O)[C@](C)(O)C[C@@H](C)CN(C)[C@H](C)[C@@H](O)[C@]1(C)O. The number of cyclic esters (lactones) is 1. The molecule has 0 bridgehead atoms. The van der Waals surface area contributed by atoms with Crippen molar-refractivity contribution in [3.63, 3.8) is 0 Å². The Labute approximate surface area is 455 Å². The molecule has 0 aliphatic carbocycles. The molecule has 6 rings (SSSR count). The minimum atomic E-state index is -1.85. The van der Waals surface area contributed by atoms with Crippen molar-refractivity contribution in [2.45, 2.75) is 210 Å². The average Bonchev–Trinajstić information content (AvgIpc) is 3.87. The maximum atomic E-state index is 15.0. The van der Waals surface area contributed by atoms with Crippen LogP contribution in [0, 0.1) is 17.8 Å². The zero-order chi connectivity index (χ0) is 56.0. The van der Waals surface area contributed by atoms with Crippen molar-refractivity contribution in [3.05, 3.63) is 53.4 Å². The molecule has 6 N–H and O–H groups in total.